The molecule has 27 heavy (non-hydrogen) atoms. The van der Waals surface area contributed by atoms with Crippen molar-refractivity contribution in [2.45, 2.75) is 12.3 Å². The minimum atomic E-state index is -0.223. The van der Waals surface area contributed by atoms with Gasteiger partial charge < -0.3 is 9.47 Å². The van der Waals surface area contributed by atoms with Crippen LogP contribution in [-0.2, 0) is 11.2 Å². The SMILES string of the molecule is COc1ccc(C[C@@H]2C(=O)N(c3ccccc3)c3ccccc32)cc1OC. The van der Waals surface area contributed by atoms with Gasteiger partial charge in [0.1, 0.15) is 0 Å². The third-order valence-electron chi connectivity index (χ3n) is 4.97. The fraction of sp³-hybridized carbons (Fsp3) is 0.174. The number of hydrogen-bond donors (Lipinski definition) is 0. The normalized spacial score (nSPS) is 15.6. The Labute approximate surface area is 159 Å². The second kappa shape index (κ2) is 7.16. The zero-order valence-electron chi connectivity index (χ0n) is 15.4. The molecule has 0 spiro atoms. The molecular formula is C23H21NO3. The van der Waals surface area contributed by atoms with Crippen molar-refractivity contribution in [3.63, 3.8) is 0 Å². The second-order valence-electron chi connectivity index (χ2n) is 6.51. The molecule has 1 amide bonds. The van der Waals surface area contributed by atoms with Crippen molar-refractivity contribution in [1.82, 2.24) is 0 Å². The van der Waals surface area contributed by atoms with E-state index in [0.717, 1.165) is 22.5 Å². The largest absolute Gasteiger partial charge is 0.493 e. The molecule has 1 heterocycles. The van der Waals surface area contributed by atoms with E-state index in [1.165, 1.54) is 0 Å². The first kappa shape index (κ1) is 17.2. The lowest BCUT2D eigenvalue weighted by Crippen LogP contribution is -2.24. The summed E-state index contributed by atoms with van der Waals surface area (Å²) in [6, 6.07) is 23.6. The number of amides is 1. The Morgan fingerprint density at radius 3 is 2.30 bits per heavy atom. The van der Waals surface area contributed by atoms with Crippen LogP contribution in [-0.4, -0.2) is 20.1 Å². The molecule has 0 aromatic heterocycles. The van der Waals surface area contributed by atoms with E-state index in [4.69, 9.17) is 9.47 Å². The predicted molar refractivity (Wildman–Crippen MR) is 106 cm³/mol. The van der Waals surface area contributed by atoms with Crippen molar-refractivity contribution < 1.29 is 14.3 Å². The first-order valence-corrected chi connectivity index (χ1v) is 8.91. The predicted octanol–water partition coefficient (Wildman–Crippen LogP) is 4.71. The molecule has 136 valence electrons. The Morgan fingerprint density at radius 2 is 1.56 bits per heavy atom. The van der Waals surface area contributed by atoms with E-state index in [1.54, 1.807) is 14.2 Å². The number of nitrogens with zero attached hydrogens (tertiary/aromatic N) is 1. The van der Waals surface area contributed by atoms with Crippen LogP contribution in [0.5, 0.6) is 11.5 Å². The zero-order valence-corrected chi connectivity index (χ0v) is 15.4. The lowest BCUT2D eigenvalue weighted by atomic mass is 9.93. The maximum Gasteiger partial charge on any atom is 0.239 e. The summed E-state index contributed by atoms with van der Waals surface area (Å²) in [5.41, 5.74) is 3.95. The van der Waals surface area contributed by atoms with Gasteiger partial charge >= 0.3 is 0 Å². The minimum Gasteiger partial charge on any atom is -0.493 e. The van der Waals surface area contributed by atoms with Crippen LogP contribution in [0.25, 0.3) is 0 Å². The van der Waals surface area contributed by atoms with Gasteiger partial charge in [-0.3, -0.25) is 9.69 Å². The molecule has 1 aliphatic rings. The van der Waals surface area contributed by atoms with Crippen molar-refractivity contribution in [3.05, 3.63) is 83.9 Å². The number of carbonyl (C=O) groups excluding carboxylic acids is 1. The highest BCUT2D eigenvalue weighted by molar-refractivity contribution is 6.10. The summed E-state index contributed by atoms with van der Waals surface area (Å²) in [7, 11) is 3.24. The van der Waals surface area contributed by atoms with E-state index in [-0.39, 0.29) is 11.8 Å². The highest BCUT2D eigenvalue weighted by Crippen LogP contribution is 2.43. The average molecular weight is 359 g/mol. The van der Waals surface area contributed by atoms with Gasteiger partial charge in [-0.25, -0.2) is 0 Å². The van der Waals surface area contributed by atoms with Crippen LogP contribution >= 0.6 is 0 Å². The van der Waals surface area contributed by atoms with Crippen LogP contribution in [0.15, 0.2) is 72.8 Å². The van der Waals surface area contributed by atoms with E-state index in [2.05, 4.69) is 0 Å². The Kier molecular flexibility index (Phi) is 4.55. The maximum absolute atomic E-state index is 13.3. The van der Waals surface area contributed by atoms with Crippen molar-refractivity contribution >= 4 is 17.3 Å². The summed E-state index contributed by atoms with van der Waals surface area (Å²) >= 11 is 0. The smallest absolute Gasteiger partial charge is 0.239 e. The van der Waals surface area contributed by atoms with Crippen LogP contribution in [0.1, 0.15) is 17.0 Å². The van der Waals surface area contributed by atoms with Gasteiger partial charge in [-0.15, -0.1) is 0 Å². The summed E-state index contributed by atoms with van der Waals surface area (Å²) in [6.07, 6.45) is 0.611. The molecule has 4 rings (SSSR count). The van der Waals surface area contributed by atoms with Gasteiger partial charge in [-0.1, -0.05) is 42.5 Å². The molecule has 4 nitrogen and oxygen atoms in total. The molecule has 0 saturated heterocycles. The number of anilines is 2. The van der Waals surface area contributed by atoms with E-state index in [1.807, 2.05) is 77.7 Å². The molecule has 3 aromatic carbocycles. The van der Waals surface area contributed by atoms with Crippen LogP contribution in [0.2, 0.25) is 0 Å². The maximum atomic E-state index is 13.3. The summed E-state index contributed by atoms with van der Waals surface area (Å²) in [5.74, 6) is 1.23. The fourth-order valence-electron chi connectivity index (χ4n) is 3.68. The van der Waals surface area contributed by atoms with E-state index in [9.17, 15) is 4.79 Å². The number of carbonyl (C=O) groups is 1. The van der Waals surface area contributed by atoms with Gasteiger partial charge in [0, 0.05) is 5.69 Å². The lowest BCUT2D eigenvalue weighted by molar-refractivity contribution is -0.118. The van der Waals surface area contributed by atoms with Crippen molar-refractivity contribution in [3.8, 4) is 11.5 Å². The number of hydrogen-bond acceptors (Lipinski definition) is 3. The summed E-state index contributed by atoms with van der Waals surface area (Å²) in [6.45, 7) is 0. The zero-order chi connectivity index (χ0) is 18.8. The van der Waals surface area contributed by atoms with Crippen molar-refractivity contribution in [2.24, 2.45) is 0 Å². The highest BCUT2D eigenvalue weighted by atomic mass is 16.5. The monoisotopic (exact) mass is 359 g/mol. The van der Waals surface area contributed by atoms with Gasteiger partial charge in [0.15, 0.2) is 11.5 Å². The fourth-order valence-corrected chi connectivity index (χ4v) is 3.68. The number of ether oxygens (including phenoxy) is 2. The number of benzene rings is 3. The summed E-state index contributed by atoms with van der Waals surface area (Å²) in [4.78, 5) is 15.1. The Hall–Kier alpha value is -3.27. The molecule has 0 fully saturated rings. The first-order chi connectivity index (χ1) is 13.2. The average Bonchev–Trinajstić information content (AvgIpc) is 3.00. The summed E-state index contributed by atoms with van der Waals surface area (Å²) in [5, 5.41) is 0. The van der Waals surface area contributed by atoms with Crippen LogP contribution in [0.4, 0.5) is 11.4 Å². The lowest BCUT2D eigenvalue weighted by Gasteiger charge is -2.18. The molecule has 0 saturated carbocycles. The molecule has 0 N–H and O–H groups in total. The van der Waals surface area contributed by atoms with E-state index < -0.39 is 0 Å². The van der Waals surface area contributed by atoms with Crippen molar-refractivity contribution in [2.75, 3.05) is 19.1 Å². The molecule has 1 atom stereocenters. The van der Waals surface area contributed by atoms with E-state index >= 15 is 0 Å². The number of rotatable bonds is 5. The molecular weight excluding hydrogens is 338 g/mol. The third kappa shape index (κ3) is 3.04. The quantitative estimate of drug-likeness (QED) is 0.662. The molecule has 3 aromatic rings. The van der Waals surface area contributed by atoms with Crippen LogP contribution in [0, 0.1) is 0 Å². The number of fused-ring (bicyclic) bond motifs is 1. The Morgan fingerprint density at radius 1 is 0.852 bits per heavy atom. The topological polar surface area (TPSA) is 38.8 Å². The molecule has 0 bridgehead atoms. The van der Waals surface area contributed by atoms with Gasteiger partial charge in [0.2, 0.25) is 5.91 Å². The van der Waals surface area contributed by atoms with Gasteiger partial charge in [-0.05, 0) is 47.9 Å². The number of methoxy groups -OCH3 is 2. The van der Waals surface area contributed by atoms with E-state index in [0.29, 0.717) is 17.9 Å². The number of para-hydroxylation sites is 2. The standard InChI is InChI=1S/C23H21NO3/c1-26-21-13-12-16(15-22(21)27-2)14-19-18-10-6-7-11-20(18)24(23(19)25)17-8-4-3-5-9-17/h3-13,15,19H,14H2,1-2H3/t19-/m0/s1. The Balaban J connectivity index is 1.71. The van der Waals surface area contributed by atoms with Gasteiger partial charge in [0.25, 0.3) is 0 Å². The van der Waals surface area contributed by atoms with Crippen LogP contribution in [0.3, 0.4) is 0 Å². The molecule has 1 aliphatic heterocycles. The third-order valence-corrected chi connectivity index (χ3v) is 4.97. The van der Waals surface area contributed by atoms with Gasteiger partial charge in [-0.2, -0.15) is 0 Å². The molecule has 0 radical (unpaired) electrons. The second-order valence-corrected chi connectivity index (χ2v) is 6.51. The summed E-state index contributed by atoms with van der Waals surface area (Å²) < 4.78 is 10.7. The highest BCUT2D eigenvalue weighted by Gasteiger charge is 2.37. The molecule has 0 aliphatic carbocycles. The molecule has 4 heteroatoms. The van der Waals surface area contributed by atoms with Crippen molar-refractivity contribution in [1.29, 1.82) is 0 Å². The van der Waals surface area contributed by atoms with Crippen LogP contribution < -0.4 is 14.4 Å². The first-order valence-electron chi connectivity index (χ1n) is 8.91. The Bertz CT molecular complexity index is 968. The van der Waals surface area contributed by atoms with Gasteiger partial charge in [0.05, 0.1) is 25.8 Å². The molecule has 0 unspecified atom stereocenters. The minimum absolute atomic E-state index is 0.0946.